The van der Waals surface area contributed by atoms with E-state index >= 15 is 0 Å². The summed E-state index contributed by atoms with van der Waals surface area (Å²) in [6, 6.07) is 35.7. The molecule has 0 heterocycles. The van der Waals surface area contributed by atoms with E-state index in [1.54, 1.807) is 74.4 Å². The summed E-state index contributed by atoms with van der Waals surface area (Å²) in [4.78, 5) is 68.6. The maximum atomic E-state index is 13.7. The van der Waals surface area contributed by atoms with E-state index in [4.69, 9.17) is 122 Å². The molecule has 0 aliphatic heterocycles. The number of ether oxygens (including phenoxy) is 12. The fourth-order valence-corrected chi connectivity index (χ4v) is 14.8. The smallest absolute Gasteiger partial charge is 0.306 e. The van der Waals surface area contributed by atoms with Crippen LogP contribution in [0.5, 0.6) is 34.5 Å². The lowest BCUT2D eigenvalue weighted by molar-refractivity contribution is -0.156. The van der Waals surface area contributed by atoms with Crippen LogP contribution in [0.3, 0.4) is 0 Å². The SMILES string of the molecule is CC(C)(C)OC(=O)CCCOc1ccc(CCc2ccc(S(N)(=O)=O)cc2)cc1.CC(C)(C)OC(=O)CCCOc1ccc(S(N)(=O)=O)c(Cl)c1Cl.CC(C)(C)OC(=O)CCCOc1ccc(S(N)(=O)=O)cc1.CC(C)(C)OC(=O)CCCOc1ccc(S(N)(=O)=O)cc1.CC(C)(C)OC(=O)CCCOc1ccc(S(N)(=O)=O)cc1Cl.CC(C)(C)OC(=O)CCCOc1ccc(S(N)(=O)=O)cc1F. The molecule has 7 aromatic rings. The standard InChI is InChI=1S/C22H29NO5S.C14H19Cl2NO5S.C14H20ClNO5S.C14H20FNO5S.2C14H21NO5S/c1-22(2,3)28-21(24)5-4-16-27-19-12-8-17(9-13-19)6-7-18-10-14-20(15-11-18)29(23,25)26;1-14(2,3)22-11(18)5-4-8-21-9-6-7-10(23(17,19)20)13(16)12(9)15;2*1-14(2,3)21-13(17)5-4-8-20-12-7-6-10(9-11(12)15)22(16,18)19;2*1-14(2,3)20-13(16)5-4-10-19-11-6-8-12(9-7-11)21(15,17)18/h8-15H,4-7,16H2,1-3H3,(H2,23,25,26);6-7H,4-5,8H2,1-3H3,(H2,17,19,20);2*6-7,9H,4-5,8H2,1-3H3,(H2,16,18,19);2*6-9H,4-5,10H2,1-3H3,(H2,15,17,18). The van der Waals surface area contributed by atoms with Crippen molar-refractivity contribution in [1.82, 2.24) is 0 Å². The normalized spacial score (nSPS) is 12.0. The lowest BCUT2D eigenvalue weighted by Gasteiger charge is -2.19. The number of hydrogen-bond donors (Lipinski definition) is 6. The van der Waals surface area contributed by atoms with Crippen molar-refractivity contribution in [2.75, 3.05) is 39.6 Å². The molecule has 46 heteroatoms. The van der Waals surface area contributed by atoms with E-state index in [1.165, 1.54) is 97.1 Å². The van der Waals surface area contributed by atoms with Crippen LogP contribution < -0.4 is 59.3 Å². The van der Waals surface area contributed by atoms with Gasteiger partial charge >= 0.3 is 35.8 Å². The Labute approximate surface area is 825 Å². The number of esters is 6. The summed E-state index contributed by atoms with van der Waals surface area (Å²) >= 11 is 17.8. The summed E-state index contributed by atoms with van der Waals surface area (Å²) in [5.41, 5.74) is -0.820. The maximum absolute atomic E-state index is 13.7. The largest absolute Gasteiger partial charge is 0.494 e. The van der Waals surface area contributed by atoms with Crippen molar-refractivity contribution in [3.63, 3.8) is 0 Å². The van der Waals surface area contributed by atoms with Crippen LogP contribution in [0.4, 0.5) is 4.39 Å². The number of carbonyl (C=O) groups excluding carboxylic acids is 6. The second kappa shape index (κ2) is 56.2. The second-order valence-electron chi connectivity index (χ2n) is 36.1. The summed E-state index contributed by atoms with van der Waals surface area (Å²) in [6.45, 7) is 34.2. The van der Waals surface area contributed by atoms with E-state index in [2.05, 4.69) is 0 Å². The molecule has 36 nitrogen and oxygen atoms in total. The van der Waals surface area contributed by atoms with Crippen LogP contribution >= 0.6 is 34.8 Å². The molecule has 0 saturated heterocycles. The Kier molecular flexibility index (Phi) is 50.7. The van der Waals surface area contributed by atoms with Crippen molar-refractivity contribution < 1.29 is 141 Å². The number of rotatable bonds is 39. The Bertz CT molecular complexity index is 5630. The third-order valence-electron chi connectivity index (χ3n) is 16.2. The number of hydrogen-bond acceptors (Lipinski definition) is 30. The summed E-state index contributed by atoms with van der Waals surface area (Å²) < 4.78 is 211. The summed E-state index contributed by atoms with van der Waals surface area (Å²) in [7, 11) is -22.7. The molecular weight excluding hydrogens is 1990 g/mol. The minimum absolute atomic E-state index is 0.0311. The first kappa shape index (κ1) is 124. The molecule has 0 aliphatic carbocycles. The molecule has 0 amide bonds. The highest BCUT2D eigenvalue weighted by atomic mass is 35.5. The number of halogens is 4. The molecule has 0 unspecified atom stereocenters. The molecule has 0 saturated carbocycles. The zero-order valence-corrected chi connectivity index (χ0v) is 87.8. The van der Waals surface area contributed by atoms with Crippen LogP contribution in [-0.2, 0) is 130 Å². The van der Waals surface area contributed by atoms with Crippen molar-refractivity contribution in [3.8, 4) is 34.5 Å². The Balaban J connectivity index is 0.000000562. The van der Waals surface area contributed by atoms with Gasteiger partial charge < -0.3 is 56.8 Å². The topological polar surface area (TPSA) is 574 Å². The maximum Gasteiger partial charge on any atom is 0.306 e. The summed E-state index contributed by atoms with van der Waals surface area (Å²) in [5, 5.41) is 29.9. The van der Waals surface area contributed by atoms with Gasteiger partial charge in [0.25, 0.3) is 0 Å². The monoisotopic (exact) mass is 2110 g/mol. The Morgan fingerprint density at radius 2 is 0.486 bits per heavy atom. The molecule has 138 heavy (non-hydrogen) atoms. The average molecular weight is 2120 g/mol. The van der Waals surface area contributed by atoms with Crippen LogP contribution in [0.1, 0.15) is 213 Å². The van der Waals surface area contributed by atoms with Crippen LogP contribution in [0.2, 0.25) is 15.1 Å². The zero-order valence-electron chi connectivity index (χ0n) is 80.7. The quantitative estimate of drug-likeness (QED) is 0.0118. The summed E-state index contributed by atoms with van der Waals surface area (Å²) in [5.74, 6) is -0.317. The van der Waals surface area contributed by atoms with Crippen molar-refractivity contribution in [2.24, 2.45) is 30.8 Å². The number of aryl methyl sites for hydroxylation is 2. The van der Waals surface area contributed by atoms with E-state index in [0.717, 1.165) is 41.9 Å². The Morgan fingerprint density at radius 1 is 0.268 bits per heavy atom. The lowest BCUT2D eigenvalue weighted by Crippen LogP contribution is -2.24. The molecule has 7 rings (SSSR count). The van der Waals surface area contributed by atoms with Gasteiger partial charge in [0.15, 0.2) is 11.6 Å². The van der Waals surface area contributed by atoms with Gasteiger partial charge in [-0.05, 0) is 308 Å². The molecule has 0 bridgehead atoms. The Morgan fingerprint density at radius 3 is 0.739 bits per heavy atom. The first-order valence-corrected chi connectivity index (χ1v) is 53.2. The number of nitrogens with two attached hydrogens (primary N) is 6. The Hall–Kier alpha value is -9.58. The molecule has 0 aromatic heterocycles. The number of benzene rings is 7. The fraction of sp³-hybridized carbons (Fsp3) is 0.478. The van der Waals surface area contributed by atoms with Gasteiger partial charge in [-0.1, -0.05) is 59.1 Å². The van der Waals surface area contributed by atoms with E-state index in [9.17, 15) is 83.7 Å². The predicted octanol–water partition coefficient (Wildman–Crippen LogP) is 14.9. The number of sulfonamides is 6. The molecule has 7 aromatic carbocycles. The van der Waals surface area contributed by atoms with Crippen LogP contribution in [0.25, 0.3) is 0 Å². The van der Waals surface area contributed by atoms with Crippen LogP contribution in [0.15, 0.2) is 175 Å². The highest BCUT2D eigenvalue weighted by molar-refractivity contribution is 7.90. The van der Waals surface area contributed by atoms with Gasteiger partial charge in [0.1, 0.15) is 72.3 Å². The van der Waals surface area contributed by atoms with Gasteiger partial charge in [-0.15, -0.1) is 0 Å². The third kappa shape index (κ3) is 57.2. The zero-order chi connectivity index (χ0) is 105. The minimum atomic E-state index is -3.96. The lowest BCUT2D eigenvalue weighted by atomic mass is 10.0. The van der Waals surface area contributed by atoms with Gasteiger partial charge in [0, 0.05) is 38.5 Å². The van der Waals surface area contributed by atoms with E-state index in [0.29, 0.717) is 82.0 Å². The second-order valence-corrected chi connectivity index (χ2v) is 46.6. The van der Waals surface area contributed by atoms with Gasteiger partial charge in [-0.2, -0.15) is 0 Å². The molecular formula is C92H130Cl3FN6O30S6. The van der Waals surface area contributed by atoms with E-state index in [1.807, 2.05) is 86.6 Å². The van der Waals surface area contributed by atoms with Crippen molar-refractivity contribution in [1.29, 1.82) is 0 Å². The van der Waals surface area contributed by atoms with E-state index < -0.39 is 99.6 Å². The molecule has 0 aliphatic rings. The minimum Gasteiger partial charge on any atom is -0.494 e. The molecule has 12 N–H and O–H groups in total. The number of primary sulfonamides is 6. The van der Waals surface area contributed by atoms with Gasteiger partial charge in [-0.3, -0.25) is 28.8 Å². The molecule has 0 radical (unpaired) electrons. The van der Waals surface area contributed by atoms with Crippen molar-refractivity contribution >= 4 is 131 Å². The van der Waals surface area contributed by atoms with Crippen LogP contribution in [-0.4, -0.2) is 160 Å². The molecule has 0 fully saturated rings. The van der Waals surface area contributed by atoms with Gasteiger partial charge in [0.05, 0.1) is 74.2 Å². The molecule has 772 valence electrons. The first-order chi connectivity index (χ1) is 63.1. The predicted molar refractivity (Wildman–Crippen MR) is 519 cm³/mol. The third-order valence-corrected chi connectivity index (χ3v) is 23.0. The van der Waals surface area contributed by atoms with Crippen LogP contribution in [0, 0.1) is 5.82 Å². The fourth-order valence-electron chi connectivity index (χ4n) is 10.5. The highest BCUT2D eigenvalue weighted by Crippen LogP contribution is 2.37. The average Bonchev–Trinajstić information content (AvgIpc) is 0.818. The summed E-state index contributed by atoms with van der Waals surface area (Å²) in [6.07, 6.45) is 5.93. The first-order valence-electron chi connectivity index (χ1n) is 42.8. The number of carbonyl (C=O) groups is 6. The molecule has 0 spiro atoms. The highest BCUT2D eigenvalue weighted by Gasteiger charge is 2.25. The van der Waals surface area contributed by atoms with E-state index in [-0.39, 0.29) is 144 Å². The van der Waals surface area contributed by atoms with Crippen molar-refractivity contribution in [2.45, 2.75) is 277 Å². The van der Waals surface area contributed by atoms with Gasteiger partial charge in [0.2, 0.25) is 60.1 Å². The van der Waals surface area contributed by atoms with Gasteiger partial charge in [-0.25, -0.2) is 85.7 Å². The molecule has 0 atom stereocenters. The van der Waals surface area contributed by atoms with Crippen molar-refractivity contribution in [3.05, 3.63) is 178 Å².